The van der Waals surface area contributed by atoms with E-state index >= 15 is 0 Å². The van der Waals surface area contributed by atoms with E-state index in [2.05, 4.69) is 9.28 Å². The van der Waals surface area contributed by atoms with E-state index in [1.165, 1.54) is 24.7 Å². The van der Waals surface area contributed by atoms with Crippen LogP contribution in [-0.4, -0.2) is 34.4 Å². The second-order valence-electron chi connectivity index (χ2n) is 5.98. The van der Waals surface area contributed by atoms with E-state index in [0.717, 1.165) is 6.20 Å². The van der Waals surface area contributed by atoms with Crippen LogP contribution in [0, 0.1) is 11.6 Å². The van der Waals surface area contributed by atoms with E-state index < -0.39 is 44.2 Å². The molecule has 2 aromatic rings. The number of benzene rings is 1. The molecule has 0 aliphatic rings. The van der Waals surface area contributed by atoms with Gasteiger partial charge in [0.25, 0.3) is 0 Å². The number of rotatable bonds is 5. The molecule has 2 rings (SSSR count). The van der Waals surface area contributed by atoms with Gasteiger partial charge in [-0.25, -0.2) is 8.78 Å². The summed E-state index contributed by atoms with van der Waals surface area (Å²) in [5, 5.41) is 13.5. The number of halogens is 5. The van der Waals surface area contributed by atoms with Gasteiger partial charge in [-0.3, -0.25) is 4.68 Å². The third kappa shape index (κ3) is 4.49. The second kappa shape index (κ2) is 6.50. The minimum absolute atomic E-state index is 0.0151. The highest BCUT2D eigenvalue weighted by atomic mass is 32.2. The molecule has 1 aromatic carbocycles. The van der Waals surface area contributed by atoms with Crippen LogP contribution in [0.15, 0.2) is 24.5 Å². The number of hydrogen-bond donors (Lipinski definition) is 1. The molecule has 1 aromatic heterocycles. The zero-order chi connectivity index (χ0) is 19.9. The number of nitrogens with zero attached hydrogens (tertiary/aromatic N) is 2. The summed E-state index contributed by atoms with van der Waals surface area (Å²) in [6.07, 6.45) is 2.30. The van der Waals surface area contributed by atoms with Crippen molar-refractivity contribution in [3.63, 3.8) is 0 Å². The van der Waals surface area contributed by atoms with Gasteiger partial charge in [-0.05, 0) is 13.8 Å². The van der Waals surface area contributed by atoms with Crippen LogP contribution >= 0.6 is 0 Å². The van der Waals surface area contributed by atoms with E-state index in [9.17, 15) is 35.5 Å². The average Bonchev–Trinajstić information content (AvgIpc) is 2.81. The predicted octanol–water partition coefficient (Wildman–Crippen LogP) is 2.83. The smallest absolute Gasteiger partial charge is 0.389 e. The fourth-order valence-corrected chi connectivity index (χ4v) is 2.47. The maximum Gasteiger partial charge on any atom is 0.534 e. The molecule has 0 aliphatic carbocycles. The lowest BCUT2D eigenvalue weighted by atomic mass is 10.1. The van der Waals surface area contributed by atoms with Crippen molar-refractivity contribution in [2.75, 3.05) is 0 Å². The molecule has 0 radical (unpaired) electrons. The van der Waals surface area contributed by atoms with Crippen LogP contribution in [0.25, 0.3) is 11.1 Å². The molecule has 1 N–H and O–H groups in total. The molecule has 0 fully saturated rings. The van der Waals surface area contributed by atoms with Crippen molar-refractivity contribution in [3.8, 4) is 16.9 Å². The van der Waals surface area contributed by atoms with E-state index in [1.54, 1.807) is 0 Å². The summed E-state index contributed by atoms with van der Waals surface area (Å²) in [7, 11) is -6.06. The summed E-state index contributed by atoms with van der Waals surface area (Å²) in [4.78, 5) is 0. The van der Waals surface area contributed by atoms with Crippen molar-refractivity contribution in [2.24, 2.45) is 0 Å². The van der Waals surface area contributed by atoms with Crippen molar-refractivity contribution < 1.29 is 39.7 Å². The lowest BCUT2D eigenvalue weighted by molar-refractivity contribution is -0.0500. The Balaban J connectivity index is 2.36. The van der Waals surface area contributed by atoms with Crippen LogP contribution < -0.4 is 4.18 Å². The van der Waals surface area contributed by atoms with Crippen molar-refractivity contribution in [2.45, 2.75) is 31.5 Å². The highest BCUT2D eigenvalue weighted by molar-refractivity contribution is 7.88. The van der Waals surface area contributed by atoms with E-state index in [1.807, 2.05) is 0 Å². The molecule has 26 heavy (non-hydrogen) atoms. The molecule has 1 heterocycles. The summed E-state index contributed by atoms with van der Waals surface area (Å²) in [5.41, 5.74) is -7.58. The first-order valence-corrected chi connectivity index (χ1v) is 8.35. The molecule has 0 saturated heterocycles. The Labute approximate surface area is 144 Å². The Morgan fingerprint density at radius 2 is 1.73 bits per heavy atom. The van der Waals surface area contributed by atoms with E-state index in [-0.39, 0.29) is 12.1 Å². The van der Waals surface area contributed by atoms with Crippen molar-refractivity contribution in [1.29, 1.82) is 0 Å². The molecule has 6 nitrogen and oxygen atoms in total. The average molecular weight is 400 g/mol. The molecule has 0 aliphatic heterocycles. The number of hydrogen-bond acceptors (Lipinski definition) is 5. The van der Waals surface area contributed by atoms with Gasteiger partial charge in [-0.1, -0.05) is 0 Å². The SMILES string of the molecule is CC(C)(O)Cn1cc(-c2c(F)cc(OS(=O)(=O)C(F)(F)F)cc2F)cn1. The van der Waals surface area contributed by atoms with Crippen molar-refractivity contribution >= 4 is 10.1 Å². The molecule has 0 spiro atoms. The molecular weight excluding hydrogens is 387 g/mol. The largest absolute Gasteiger partial charge is 0.534 e. The Hall–Kier alpha value is -2.21. The normalized spacial score (nSPS) is 13.1. The van der Waals surface area contributed by atoms with Crippen LogP contribution in [0.3, 0.4) is 0 Å². The van der Waals surface area contributed by atoms with Crippen molar-refractivity contribution in [3.05, 3.63) is 36.2 Å². The highest BCUT2D eigenvalue weighted by Gasteiger charge is 2.48. The highest BCUT2D eigenvalue weighted by Crippen LogP contribution is 2.32. The fourth-order valence-electron chi connectivity index (χ4n) is 2.02. The molecular formula is C14H13F5N2O4S. The first kappa shape index (κ1) is 20.1. The minimum Gasteiger partial charge on any atom is -0.389 e. The zero-order valence-corrected chi connectivity index (χ0v) is 14.2. The second-order valence-corrected chi connectivity index (χ2v) is 7.52. The molecule has 0 atom stereocenters. The van der Waals surface area contributed by atoms with Gasteiger partial charge < -0.3 is 9.29 Å². The predicted molar refractivity (Wildman–Crippen MR) is 79.5 cm³/mol. The van der Waals surface area contributed by atoms with Crippen LogP contribution in [0.2, 0.25) is 0 Å². The zero-order valence-electron chi connectivity index (χ0n) is 13.4. The van der Waals surface area contributed by atoms with Gasteiger partial charge >= 0.3 is 15.6 Å². The summed E-state index contributed by atoms with van der Waals surface area (Å²) in [6.45, 7) is 2.99. The van der Waals surface area contributed by atoms with Crippen LogP contribution in [-0.2, 0) is 16.7 Å². The number of alkyl halides is 3. The van der Waals surface area contributed by atoms with Gasteiger partial charge in [-0.2, -0.15) is 26.7 Å². The van der Waals surface area contributed by atoms with Crippen LogP contribution in [0.1, 0.15) is 13.8 Å². The van der Waals surface area contributed by atoms with E-state index in [4.69, 9.17) is 0 Å². The quantitative estimate of drug-likeness (QED) is 0.474. The lowest BCUT2D eigenvalue weighted by Gasteiger charge is -2.16. The number of aromatic nitrogens is 2. The van der Waals surface area contributed by atoms with Crippen molar-refractivity contribution in [1.82, 2.24) is 9.78 Å². The first-order chi connectivity index (χ1) is 11.7. The summed E-state index contributed by atoms with van der Waals surface area (Å²) < 4.78 is 91.8. The Bertz CT molecular complexity index is 893. The maximum absolute atomic E-state index is 14.1. The minimum atomic E-state index is -6.06. The van der Waals surface area contributed by atoms with Gasteiger partial charge in [0.1, 0.15) is 17.4 Å². The number of aliphatic hydroxyl groups is 1. The van der Waals surface area contributed by atoms with Gasteiger partial charge in [-0.15, -0.1) is 0 Å². The molecule has 0 saturated carbocycles. The Morgan fingerprint density at radius 1 is 1.19 bits per heavy atom. The Kier molecular flexibility index (Phi) is 5.03. The molecule has 0 bridgehead atoms. The lowest BCUT2D eigenvalue weighted by Crippen LogP contribution is -2.28. The maximum atomic E-state index is 14.1. The van der Waals surface area contributed by atoms with Gasteiger partial charge in [0.15, 0.2) is 0 Å². The van der Waals surface area contributed by atoms with Crippen LogP contribution in [0.5, 0.6) is 5.75 Å². The fraction of sp³-hybridized carbons (Fsp3) is 0.357. The third-order valence-corrected chi connectivity index (χ3v) is 3.95. The third-order valence-electron chi connectivity index (χ3n) is 2.98. The summed E-state index contributed by atoms with van der Waals surface area (Å²) >= 11 is 0. The first-order valence-electron chi connectivity index (χ1n) is 6.94. The monoisotopic (exact) mass is 400 g/mol. The molecule has 0 unspecified atom stereocenters. The molecule has 12 heteroatoms. The Morgan fingerprint density at radius 3 is 2.19 bits per heavy atom. The summed E-state index contributed by atoms with van der Waals surface area (Å²) in [5.74, 6) is -3.86. The standard InChI is InChI=1S/C14H13F5N2O4S/c1-13(2,22)7-21-6-8(5-20-21)12-10(15)3-9(4-11(12)16)25-26(23,24)14(17,18)19/h3-6,22H,7H2,1-2H3. The molecule has 0 amide bonds. The van der Waals surface area contributed by atoms with Gasteiger partial charge in [0.2, 0.25) is 0 Å². The summed E-state index contributed by atoms with van der Waals surface area (Å²) in [6, 6.07) is 0.629. The van der Waals surface area contributed by atoms with Gasteiger partial charge in [0, 0.05) is 23.9 Å². The van der Waals surface area contributed by atoms with Gasteiger partial charge in [0.05, 0.1) is 23.9 Å². The van der Waals surface area contributed by atoms with Crippen LogP contribution in [0.4, 0.5) is 22.0 Å². The molecule has 144 valence electrons. The topological polar surface area (TPSA) is 81.4 Å². The van der Waals surface area contributed by atoms with E-state index in [0.29, 0.717) is 12.1 Å².